The molecule has 4 rings (SSSR count). The molecule has 1 N–H and O–H groups in total. The Kier molecular flexibility index (Phi) is 4.29. The quantitative estimate of drug-likeness (QED) is 0.680. The van der Waals surface area contributed by atoms with Crippen molar-refractivity contribution in [1.82, 2.24) is 9.88 Å². The number of carbonyl (C=O) groups is 1. The van der Waals surface area contributed by atoms with Gasteiger partial charge in [0, 0.05) is 22.4 Å². The average molecular weight is 369 g/mol. The molecule has 1 aliphatic rings. The molecule has 5 heteroatoms. The minimum atomic E-state index is -0.318. The number of hydrogen-bond donors (Lipinski definition) is 1. The Hall–Kier alpha value is -2.59. The predicted molar refractivity (Wildman–Crippen MR) is 101 cm³/mol. The molecule has 0 unspecified atom stereocenters. The molecule has 0 atom stereocenters. The second-order valence-corrected chi connectivity index (χ2v) is 7.04. The highest BCUT2D eigenvalue weighted by atomic mass is 35.5. The maximum Gasteiger partial charge on any atom is 0.253 e. The van der Waals surface area contributed by atoms with Gasteiger partial charge in [0.25, 0.3) is 5.91 Å². The molecule has 0 spiro atoms. The van der Waals surface area contributed by atoms with Crippen molar-refractivity contribution in [2.75, 3.05) is 0 Å². The van der Waals surface area contributed by atoms with Gasteiger partial charge in [-0.05, 0) is 61.7 Å². The van der Waals surface area contributed by atoms with E-state index < -0.39 is 0 Å². The normalized spacial score (nSPS) is 13.7. The van der Waals surface area contributed by atoms with E-state index in [-0.39, 0.29) is 17.8 Å². The van der Waals surface area contributed by atoms with Crippen molar-refractivity contribution in [2.45, 2.75) is 25.8 Å². The molecule has 1 fully saturated rings. The summed E-state index contributed by atoms with van der Waals surface area (Å²) in [5.74, 6) is -0.406. The topological polar surface area (TPSA) is 34.0 Å². The standard InChI is InChI=1S/C21H18ClFN2O/c1-13-19(21(26)24-17-9-10-17)12-20(14-5-7-15(22)8-6-14)25(13)18-4-2-3-16(23)11-18/h2-8,11-12,17H,9-10H2,1H3,(H,24,26). The highest BCUT2D eigenvalue weighted by Crippen LogP contribution is 2.31. The highest BCUT2D eigenvalue weighted by molar-refractivity contribution is 6.30. The van der Waals surface area contributed by atoms with Gasteiger partial charge in [-0.25, -0.2) is 4.39 Å². The third-order valence-corrected chi connectivity index (χ3v) is 4.86. The zero-order valence-corrected chi connectivity index (χ0v) is 15.1. The van der Waals surface area contributed by atoms with Gasteiger partial charge in [-0.3, -0.25) is 4.79 Å². The monoisotopic (exact) mass is 368 g/mol. The zero-order valence-electron chi connectivity index (χ0n) is 14.3. The van der Waals surface area contributed by atoms with Crippen molar-refractivity contribution in [3.63, 3.8) is 0 Å². The number of carbonyl (C=O) groups excluding carboxylic acids is 1. The molecule has 1 amide bonds. The summed E-state index contributed by atoms with van der Waals surface area (Å²) in [4.78, 5) is 12.6. The molecule has 26 heavy (non-hydrogen) atoms. The SMILES string of the molecule is Cc1c(C(=O)NC2CC2)cc(-c2ccc(Cl)cc2)n1-c1cccc(F)c1. The summed E-state index contributed by atoms with van der Waals surface area (Å²) in [7, 11) is 0. The fourth-order valence-corrected chi connectivity index (χ4v) is 3.23. The molecule has 0 saturated heterocycles. The van der Waals surface area contributed by atoms with Crippen LogP contribution in [-0.4, -0.2) is 16.5 Å². The summed E-state index contributed by atoms with van der Waals surface area (Å²) in [6, 6.07) is 15.9. The minimum absolute atomic E-state index is 0.0876. The summed E-state index contributed by atoms with van der Waals surface area (Å²) in [5, 5.41) is 3.67. The van der Waals surface area contributed by atoms with Crippen LogP contribution in [0.2, 0.25) is 5.02 Å². The predicted octanol–water partition coefficient (Wildman–Crippen LogP) is 5.14. The molecule has 1 heterocycles. The van der Waals surface area contributed by atoms with Crippen LogP contribution in [0.5, 0.6) is 0 Å². The maximum atomic E-state index is 13.8. The van der Waals surface area contributed by atoms with E-state index in [0.717, 1.165) is 29.8 Å². The lowest BCUT2D eigenvalue weighted by molar-refractivity contribution is 0.0950. The van der Waals surface area contributed by atoms with Crippen LogP contribution in [0, 0.1) is 12.7 Å². The Labute approximate surface area is 156 Å². The van der Waals surface area contributed by atoms with E-state index in [0.29, 0.717) is 16.3 Å². The molecule has 3 aromatic rings. The first-order valence-electron chi connectivity index (χ1n) is 8.58. The zero-order chi connectivity index (χ0) is 18.3. The molecule has 0 aliphatic heterocycles. The summed E-state index contributed by atoms with van der Waals surface area (Å²) in [5.41, 5.74) is 3.79. The van der Waals surface area contributed by atoms with E-state index in [4.69, 9.17) is 11.6 Å². The summed E-state index contributed by atoms with van der Waals surface area (Å²) < 4.78 is 15.7. The molecule has 132 valence electrons. The first kappa shape index (κ1) is 16.9. The van der Waals surface area contributed by atoms with E-state index in [1.807, 2.05) is 35.8 Å². The van der Waals surface area contributed by atoms with E-state index in [1.54, 1.807) is 18.2 Å². The largest absolute Gasteiger partial charge is 0.349 e. The van der Waals surface area contributed by atoms with E-state index in [2.05, 4.69) is 5.32 Å². The first-order chi connectivity index (χ1) is 12.5. The van der Waals surface area contributed by atoms with Crippen molar-refractivity contribution in [2.24, 2.45) is 0 Å². The van der Waals surface area contributed by atoms with Gasteiger partial charge in [-0.2, -0.15) is 0 Å². The van der Waals surface area contributed by atoms with E-state index >= 15 is 0 Å². The summed E-state index contributed by atoms with van der Waals surface area (Å²) in [6.07, 6.45) is 2.05. The number of rotatable bonds is 4. The van der Waals surface area contributed by atoms with Crippen molar-refractivity contribution < 1.29 is 9.18 Å². The molecule has 3 nitrogen and oxygen atoms in total. The highest BCUT2D eigenvalue weighted by Gasteiger charge is 2.26. The van der Waals surface area contributed by atoms with Gasteiger partial charge in [0.2, 0.25) is 0 Å². The van der Waals surface area contributed by atoms with Crippen molar-refractivity contribution in [3.05, 3.63) is 76.7 Å². The van der Waals surface area contributed by atoms with Crippen LogP contribution >= 0.6 is 11.6 Å². The van der Waals surface area contributed by atoms with Gasteiger partial charge in [0.05, 0.1) is 11.3 Å². The number of benzene rings is 2. The van der Waals surface area contributed by atoms with Gasteiger partial charge in [0.15, 0.2) is 0 Å². The molecule has 0 bridgehead atoms. The van der Waals surface area contributed by atoms with Gasteiger partial charge in [-0.1, -0.05) is 29.8 Å². The Morgan fingerprint density at radius 3 is 2.54 bits per heavy atom. The summed E-state index contributed by atoms with van der Waals surface area (Å²) >= 11 is 6.01. The molecule has 0 radical (unpaired) electrons. The lowest BCUT2D eigenvalue weighted by Gasteiger charge is -2.12. The molecular weight excluding hydrogens is 351 g/mol. The van der Waals surface area contributed by atoms with Gasteiger partial charge >= 0.3 is 0 Å². The molecule has 1 saturated carbocycles. The average Bonchev–Trinajstić information content (AvgIpc) is 3.36. The molecular formula is C21H18ClFN2O. The van der Waals surface area contributed by atoms with Gasteiger partial charge in [0.1, 0.15) is 5.82 Å². The Balaban J connectivity index is 1.87. The van der Waals surface area contributed by atoms with Crippen molar-refractivity contribution >= 4 is 17.5 Å². The van der Waals surface area contributed by atoms with Gasteiger partial charge < -0.3 is 9.88 Å². The Morgan fingerprint density at radius 1 is 1.15 bits per heavy atom. The van der Waals surface area contributed by atoms with Crippen molar-refractivity contribution in [3.8, 4) is 16.9 Å². The smallest absolute Gasteiger partial charge is 0.253 e. The van der Waals surface area contributed by atoms with Crippen LogP contribution in [0.25, 0.3) is 16.9 Å². The fourth-order valence-electron chi connectivity index (χ4n) is 3.11. The minimum Gasteiger partial charge on any atom is -0.349 e. The maximum absolute atomic E-state index is 13.8. The van der Waals surface area contributed by atoms with E-state index in [9.17, 15) is 9.18 Å². The Bertz CT molecular complexity index is 974. The second kappa shape index (κ2) is 6.61. The van der Waals surface area contributed by atoms with E-state index in [1.165, 1.54) is 12.1 Å². The second-order valence-electron chi connectivity index (χ2n) is 6.60. The van der Waals surface area contributed by atoms with Crippen LogP contribution in [0.1, 0.15) is 28.9 Å². The number of aromatic nitrogens is 1. The number of nitrogens with zero attached hydrogens (tertiary/aromatic N) is 1. The molecule has 1 aliphatic carbocycles. The van der Waals surface area contributed by atoms with Crippen molar-refractivity contribution in [1.29, 1.82) is 0 Å². The van der Waals surface area contributed by atoms with Gasteiger partial charge in [-0.15, -0.1) is 0 Å². The number of nitrogens with one attached hydrogen (secondary N) is 1. The third kappa shape index (κ3) is 3.25. The Morgan fingerprint density at radius 2 is 1.88 bits per heavy atom. The van der Waals surface area contributed by atoms with Crippen LogP contribution in [0.3, 0.4) is 0 Å². The fraction of sp³-hybridized carbons (Fsp3) is 0.190. The number of halogens is 2. The lowest BCUT2D eigenvalue weighted by atomic mass is 10.1. The molecule has 2 aromatic carbocycles. The van der Waals surface area contributed by atoms with Crippen LogP contribution in [0.15, 0.2) is 54.6 Å². The molecule has 1 aromatic heterocycles. The lowest BCUT2D eigenvalue weighted by Crippen LogP contribution is -2.25. The van der Waals surface area contributed by atoms with Crippen LogP contribution in [-0.2, 0) is 0 Å². The van der Waals surface area contributed by atoms with Crippen LogP contribution < -0.4 is 5.32 Å². The number of amides is 1. The first-order valence-corrected chi connectivity index (χ1v) is 8.96. The number of hydrogen-bond acceptors (Lipinski definition) is 1. The van der Waals surface area contributed by atoms with Crippen LogP contribution in [0.4, 0.5) is 4.39 Å². The summed E-state index contributed by atoms with van der Waals surface area (Å²) in [6.45, 7) is 1.88. The third-order valence-electron chi connectivity index (χ3n) is 4.61.